The molecule has 1 fully saturated rings. The van der Waals surface area contributed by atoms with Crippen molar-refractivity contribution in [2.75, 3.05) is 26.7 Å². The molecule has 1 N–H and O–H groups in total. The molecule has 2 unspecified atom stereocenters. The zero-order valence-electron chi connectivity index (χ0n) is 12.3. The normalized spacial score (nSPS) is 23.9. The van der Waals surface area contributed by atoms with Gasteiger partial charge >= 0.3 is 5.97 Å². The average Bonchev–Trinajstić information content (AvgIpc) is 2.35. The van der Waals surface area contributed by atoms with Crippen LogP contribution in [0.3, 0.4) is 0 Å². The van der Waals surface area contributed by atoms with Crippen LogP contribution in [-0.4, -0.2) is 49.6 Å². The van der Waals surface area contributed by atoms with Crippen molar-refractivity contribution in [3.63, 3.8) is 0 Å². The molecule has 2 atom stereocenters. The Hall–Kier alpha value is -1.10. The molecule has 0 aromatic carbocycles. The highest BCUT2D eigenvalue weighted by Crippen LogP contribution is 2.22. The number of piperidine rings is 1. The summed E-state index contributed by atoms with van der Waals surface area (Å²) in [4.78, 5) is 24.7. The number of methoxy groups -OCH3 is 1. The lowest BCUT2D eigenvalue weighted by molar-refractivity contribution is -0.142. The molecule has 19 heavy (non-hydrogen) atoms. The zero-order chi connectivity index (χ0) is 14.3. The van der Waals surface area contributed by atoms with Crippen LogP contribution in [0.15, 0.2) is 0 Å². The van der Waals surface area contributed by atoms with Crippen LogP contribution in [0, 0.1) is 5.92 Å². The van der Waals surface area contributed by atoms with Gasteiger partial charge in [0.15, 0.2) is 0 Å². The summed E-state index contributed by atoms with van der Waals surface area (Å²) in [5, 5.41) is 2.98. The van der Waals surface area contributed by atoms with E-state index in [0.717, 1.165) is 25.9 Å². The van der Waals surface area contributed by atoms with E-state index in [-0.39, 0.29) is 17.9 Å². The molecule has 1 aliphatic rings. The maximum atomic E-state index is 11.4. The number of hydrogen-bond donors (Lipinski definition) is 1. The lowest BCUT2D eigenvalue weighted by Gasteiger charge is -2.37. The van der Waals surface area contributed by atoms with E-state index in [1.807, 2.05) is 0 Å². The molecule has 1 aliphatic heterocycles. The van der Waals surface area contributed by atoms with E-state index in [1.54, 1.807) is 6.92 Å². The summed E-state index contributed by atoms with van der Waals surface area (Å²) in [5.41, 5.74) is 0. The number of carbonyl (C=O) groups excluding carboxylic acids is 2. The molecule has 5 heteroatoms. The van der Waals surface area contributed by atoms with Crippen molar-refractivity contribution in [3.8, 4) is 0 Å². The largest absolute Gasteiger partial charge is 0.468 e. The summed E-state index contributed by atoms with van der Waals surface area (Å²) in [7, 11) is 1.41. The molecule has 0 aromatic heterocycles. The van der Waals surface area contributed by atoms with Gasteiger partial charge in [-0.25, -0.2) is 0 Å². The minimum Gasteiger partial charge on any atom is -0.468 e. The number of nitrogens with one attached hydrogen (secondary N) is 1. The number of likely N-dealkylation sites (tertiary alicyclic amines) is 1. The smallest absolute Gasteiger partial charge is 0.319 e. The average molecular weight is 270 g/mol. The van der Waals surface area contributed by atoms with E-state index < -0.39 is 0 Å². The second-order valence-corrected chi connectivity index (χ2v) is 5.41. The van der Waals surface area contributed by atoms with Gasteiger partial charge in [-0.05, 0) is 18.8 Å². The Morgan fingerprint density at radius 2 is 2.11 bits per heavy atom. The van der Waals surface area contributed by atoms with Gasteiger partial charge in [-0.15, -0.1) is 0 Å². The highest BCUT2D eigenvalue weighted by molar-refractivity contribution is 5.73. The van der Waals surface area contributed by atoms with E-state index in [0.29, 0.717) is 12.5 Å². The van der Waals surface area contributed by atoms with Crippen LogP contribution < -0.4 is 5.32 Å². The van der Waals surface area contributed by atoms with E-state index in [2.05, 4.69) is 17.1 Å². The van der Waals surface area contributed by atoms with Crippen molar-refractivity contribution in [3.05, 3.63) is 0 Å². The van der Waals surface area contributed by atoms with Crippen molar-refractivity contribution in [2.45, 2.75) is 45.6 Å². The highest BCUT2D eigenvalue weighted by Gasteiger charge is 2.28. The SMILES string of the molecule is CCCCC1CC(NC(C)=O)CN(CC(=O)OC)C1. The second kappa shape index (κ2) is 8.15. The summed E-state index contributed by atoms with van der Waals surface area (Å²) in [5.74, 6) is 0.340. The minimum absolute atomic E-state index is 0.000778. The molecule has 0 bridgehead atoms. The van der Waals surface area contributed by atoms with E-state index >= 15 is 0 Å². The number of rotatable bonds is 6. The molecule has 0 aromatic rings. The van der Waals surface area contributed by atoms with Gasteiger partial charge in [0.2, 0.25) is 5.91 Å². The zero-order valence-corrected chi connectivity index (χ0v) is 12.3. The van der Waals surface area contributed by atoms with E-state index in [9.17, 15) is 9.59 Å². The molecule has 0 aliphatic carbocycles. The van der Waals surface area contributed by atoms with Crippen molar-refractivity contribution >= 4 is 11.9 Å². The Bertz CT molecular complexity index is 307. The first-order chi connectivity index (χ1) is 9.05. The van der Waals surface area contributed by atoms with Crippen molar-refractivity contribution < 1.29 is 14.3 Å². The molecular weight excluding hydrogens is 244 g/mol. The third-order valence-corrected chi connectivity index (χ3v) is 3.57. The summed E-state index contributed by atoms with van der Waals surface area (Å²) in [6.07, 6.45) is 4.54. The molecule has 0 radical (unpaired) electrons. The lowest BCUT2D eigenvalue weighted by atomic mass is 9.90. The quantitative estimate of drug-likeness (QED) is 0.736. The van der Waals surface area contributed by atoms with Gasteiger partial charge in [-0.3, -0.25) is 14.5 Å². The number of amides is 1. The van der Waals surface area contributed by atoms with Gasteiger partial charge in [0.05, 0.1) is 13.7 Å². The molecule has 0 spiro atoms. The van der Waals surface area contributed by atoms with Crippen LogP contribution in [0.4, 0.5) is 0 Å². The fourth-order valence-corrected chi connectivity index (χ4v) is 2.77. The molecule has 5 nitrogen and oxygen atoms in total. The monoisotopic (exact) mass is 270 g/mol. The van der Waals surface area contributed by atoms with Crippen LogP contribution in [0.2, 0.25) is 0 Å². The number of ether oxygens (including phenoxy) is 1. The number of carbonyl (C=O) groups is 2. The van der Waals surface area contributed by atoms with E-state index in [1.165, 1.54) is 20.0 Å². The van der Waals surface area contributed by atoms with Crippen LogP contribution in [-0.2, 0) is 14.3 Å². The predicted octanol–water partition coefficient (Wildman–Crippen LogP) is 1.18. The number of nitrogens with zero attached hydrogens (tertiary/aromatic N) is 1. The van der Waals surface area contributed by atoms with Crippen LogP contribution in [0.25, 0.3) is 0 Å². The lowest BCUT2D eigenvalue weighted by Crippen LogP contribution is -2.51. The summed E-state index contributed by atoms with van der Waals surface area (Å²) in [6, 6.07) is 0.151. The molecule has 1 amide bonds. The first-order valence-electron chi connectivity index (χ1n) is 7.11. The van der Waals surface area contributed by atoms with E-state index in [4.69, 9.17) is 4.74 Å². The Kier molecular flexibility index (Phi) is 6.84. The summed E-state index contributed by atoms with van der Waals surface area (Å²) in [6.45, 7) is 5.69. The minimum atomic E-state index is -0.210. The summed E-state index contributed by atoms with van der Waals surface area (Å²) >= 11 is 0. The van der Waals surface area contributed by atoms with Crippen LogP contribution in [0.5, 0.6) is 0 Å². The Morgan fingerprint density at radius 1 is 1.37 bits per heavy atom. The third kappa shape index (κ3) is 6.05. The van der Waals surface area contributed by atoms with Gasteiger partial charge in [0.1, 0.15) is 0 Å². The Morgan fingerprint density at radius 3 is 2.68 bits per heavy atom. The molecular formula is C14H26N2O3. The molecule has 110 valence electrons. The third-order valence-electron chi connectivity index (χ3n) is 3.57. The van der Waals surface area contributed by atoms with Crippen LogP contribution in [0.1, 0.15) is 39.5 Å². The fourth-order valence-electron chi connectivity index (χ4n) is 2.77. The number of unbranched alkanes of at least 4 members (excludes halogenated alkanes) is 1. The van der Waals surface area contributed by atoms with Gasteiger partial charge in [-0.2, -0.15) is 0 Å². The van der Waals surface area contributed by atoms with Gasteiger partial charge in [0.25, 0.3) is 0 Å². The maximum absolute atomic E-state index is 11.4. The van der Waals surface area contributed by atoms with Crippen molar-refractivity contribution in [1.82, 2.24) is 10.2 Å². The molecule has 1 heterocycles. The molecule has 1 saturated heterocycles. The van der Waals surface area contributed by atoms with Gasteiger partial charge in [0, 0.05) is 26.1 Å². The summed E-state index contributed by atoms with van der Waals surface area (Å²) < 4.78 is 4.72. The van der Waals surface area contributed by atoms with Crippen LogP contribution >= 0.6 is 0 Å². The van der Waals surface area contributed by atoms with Crippen molar-refractivity contribution in [1.29, 1.82) is 0 Å². The van der Waals surface area contributed by atoms with Gasteiger partial charge < -0.3 is 10.1 Å². The standard InChI is InChI=1S/C14H26N2O3/c1-4-5-6-12-7-13(15-11(2)17)9-16(8-12)10-14(18)19-3/h12-13H,4-10H2,1-3H3,(H,15,17). The fraction of sp³-hybridized carbons (Fsp3) is 0.857. The Labute approximate surface area is 115 Å². The highest BCUT2D eigenvalue weighted by atomic mass is 16.5. The predicted molar refractivity (Wildman–Crippen MR) is 73.7 cm³/mol. The second-order valence-electron chi connectivity index (χ2n) is 5.41. The Balaban J connectivity index is 2.55. The number of hydrogen-bond acceptors (Lipinski definition) is 4. The number of esters is 1. The maximum Gasteiger partial charge on any atom is 0.319 e. The molecule has 0 saturated carbocycles. The topological polar surface area (TPSA) is 58.6 Å². The molecule has 1 rings (SSSR count). The first-order valence-corrected chi connectivity index (χ1v) is 7.11. The van der Waals surface area contributed by atoms with Crippen molar-refractivity contribution in [2.24, 2.45) is 5.92 Å². The van der Waals surface area contributed by atoms with Gasteiger partial charge in [-0.1, -0.05) is 19.8 Å². The first kappa shape index (κ1) is 16.0.